The maximum atomic E-state index is 12.5. The second kappa shape index (κ2) is 12.8. The lowest BCUT2D eigenvalue weighted by molar-refractivity contribution is -0.121. The third kappa shape index (κ3) is 8.12. The number of methoxy groups -OCH3 is 2. The van der Waals surface area contributed by atoms with Crippen molar-refractivity contribution in [2.75, 3.05) is 33.9 Å². The fourth-order valence-electron chi connectivity index (χ4n) is 4.97. The van der Waals surface area contributed by atoms with Gasteiger partial charge in [0.2, 0.25) is 5.91 Å². The normalized spacial score (nSPS) is 15.6. The van der Waals surface area contributed by atoms with Crippen molar-refractivity contribution in [1.82, 2.24) is 15.1 Å². The van der Waals surface area contributed by atoms with Crippen LogP contribution in [-0.2, 0) is 11.2 Å². The minimum atomic E-state index is -0.924. The zero-order chi connectivity index (χ0) is 27.0. The molecule has 0 radical (unpaired) electrons. The number of carbonyl (C=O) groups is 2. The summed E-state index contributed by atoms with van der Waals surface area (Å²) in [5, 5.41) is 13.2. The number of amides is 2. The molecule has 202 valence electrons. The Kier molecular flexibility index (Phi) is 9.80. The molecule has 0 aromatic heterocycles. The van der Waals surface area contributed by atoms with Gasteiger partial charge >= 0.3 is 6.09 Å². The molecule has 1 heterocycles. The number of nitrogens with one attached hydrogen (secondary N) is 1. The van der Waals surface area contributed by atoms with Crippen LogP contribution in [0.5, 0.6) is 11.5 Å². The van der Waals surface area contributed by atoms with E-state index in [1.165, 1.54) is 0 Å². The molecule has 1 unspecified atom stereocenters. The van der Waals surface area contributed by atoms with Gasteiger partial charge < -0.3 is 24.8 Å². The van der Waals surface area contributed by atoms with Crippen LogP contribution in [0.3, 0.4) is 0 Å². The van der Waals surface area contributed by atoms with E-state index in [1.54, 1.807) is 19.1 Å². The number of piperidine rings is 1. The number of carbonyl (C=O) groups excluding carboxylic acids is 1. The Bertz CT molecular complexity index is 1010. The highest BCUT2D eigenvalue weighted by Crippen LogP contribution is 2.32. The number of benzene rings is 2. The molecule has 0 bridgehead atoms. The van der Waals surface area contributed by atoms with Crippen molar-refractivity contribution in [3.63, 3.8) is 0 Å². The van der Waals surface area contributed by atoms with Crippen molar-refractivity contribution < 1.29 is 24.2 Å². The number of nitrogens with zero attached hydrogens (tertiary/aromatic N) is 2. The molecule has 2 amide bonds. The highest BCUT2D eigenvalue weighted by atomic mass is 16.5. The van der Waals surface area contributed by atoms with Crippen molar-refractivity contribution in [3.05, 3.63) is 59.7 Å². The standard InChI is InChI=1S/C29H41N3O5/c1-29(2,3)32(28(34)35)26(22-8-12-25(37-5)13-9-22)16-19-31-17-14-23(15-18-31)30-27(33)20-21-6-10-24(36-4)11-7-21/h6-13,23,26H,14-20H2,1-5H3,(H,30,33)(H,34,35). The average molecular weight is 512 g/mol. The van der Waals surface area contributed by atoms with E-state index in [0.717, 1.165) is 55.1 Å². The van der Waals surface area contributed by atoms with Gasteiger partial charge in [0.1, 0.15) is 11.5 Å². The van der Waals surface area contributed by atoms with Crippen LogP contribution in [-0.4, -0.2) is 72.3 Å². The quantitative estimate of drug-likeness (QED) is 0.479. The number of likely N-dealkylation sites (tertiary alicyclic amines) is 1. The predicted octanol–water partition coefficient (Wildman–Crippen LogP) is 4.74. The Hall–Kier alpha value is -3.26. The number of hydrogen-bond donors (Lipinski definition) is 2. The van der Waals surface area contributed by atoms with Gasteiger partial charge in [-0.15, -0.1) is 0 Å². The fourth-order valence-corrected chi connectivity index (χ4v) is 4.97. The first kappa shape index (κ1) is 28.3. The van der Waals surface area contributed by atoms with Gasteiger partial charge in [-0.2, -0.15) is 0 Å². The van der Waals surface area contributed by atoms with Gasteiger partial charge in [-0.1, -0.05) is 24.3 Å². The first-order valence-corrected chi connectivity index (χ1v) is 12.9. The number of ether oxygens (including phenoxy) is 2. The van der Waals surface area contributed by atoms with Gasteiger partial charge in [-0.05, 0) is 75.4 Å². The lowest BCUT2D eigenvalue weighted by Crippen LogP contribution is -2.49. The van der Waals surface area contributed by atoms with Crippen molar-refractivity contribution >= 4 is 12.0 Å². The first-order valence-electron chi connectivity index (χ1n) is 12.9. The van der Waals surface area contributed by atoms with E-state index in [-0.39, 0.29) is 18.0 Å². The van der Waals surface area contributed by atoms with Gasteiger partial charge in [0.25, 0.3) is 0 Å². The summed E-state index contributed by atoms with van der Waals surface area (Å²) in [4.78, 5) is 28.7. The van der Waals surface area contributed by atoms with Crippen molar-refractivity contribution in [2.24, 2.45) is 0 Å². The van der Waals surface area contributed by atoms with Gasteiger partial charge in [0.15, 0.2) is 0 Å². The molecule has 2 aromatic carbocycles. The molecule has 2 aromatic rings. The topological polar surface area (TPSA) is 91.3 Å². The molecule has 0 aliphatic carbocycles. The fraction of sp³-hybridized carbons (Fsp3) is 0.517. The lowest BCUT2D eigenvalue weighted by atomic mass is 9.95. The molecule has 8 nitrogen and oxygen atoms in total. The van der Waals surface area contributed by atoms with Crippen LogP contribution >= 0.6 is 0 Å². The summed E-state index contributed by atoms with van der Waals surface area (Å²) in [5.74, 6) is 1.56. The third-order valence-corrected chi connectivity index (χ3v) is 6.94. The third-order valence-electron chi connectivity index (χ3n) is 6.94. The number of rotatable bonds is 10. The summed E-state index contributed by atoms with van der Waals surface area (Å²) in [6.45, 7) is 8.30. The molecule has 2 N–H and O–H groups in total. The van der Waals surface area contributed by atoms with Crippen molar-refractivity contribution in [2.45, 2.75) is 64.1 Å². The van der Waals surface area contributed by atoms with E-state index in [1.807, 2.05) is 69.3 Å². The molecule has 0 saturated carbocycles. The second-order valence-electron chi connectivity index (χ2n) is 10.6. The Morgan fingerprint density at radius 2 is 1.54 bits per heavy atom. The van der Waals surface area contributed by atoms with Gasteiger partial charge in [0.05, 0.1) is 26.7 Å². The maximum absolute atomic E-state index is 12.5. The summed E-state index contributed by atoms with van der Waals surface area (Å²) < 4.78 is 10.5. The molecule has 1 aliphatic heterocycles. The second-order valence-corrected chi connectivity index (χ2v) is 10.6. The Morgan fingerprint density at radius 1 is 1.00 bits per heavy atom. The van der Waals surface area contributed by atoms with Crippen LogP contribution in [0.1, 0.15) is 57.2 Å². The molecule has 0 spiro atoms. The zero-order valence-electron chi connectivity index (χ0n) is 22.7. The zero-order valence-corrected chi connectivity index (χ0v) is 22.7. The largest absolute Gasteiger partial charge is 0.497 e. The maximum Gasteiger partial charge on any atom is 0.408 e. The van der Waals surface area contributed by atoms with Crippen LogP contribution in [0.2, 0.25) is 0 Å². The highest BCUT2D eigenvalue weighted by molar-refractivity contribution is 5.78. The summed E-state index contributed by atoms with van der Waals surface area (Å²) >= 11 is 0. The van der Waals surface area contributed by atoms with Crippen molar-refractivity contribution in [1.29, 1.82) is 0 Å². The molecule has 37 heavy (non-hydrogen) atoms. The summed E-state index contributed by atoms with van der Waals surface area (Å²) in [7, 11) is 3.25. The smallest absolute Gasteiger partial charge is 0.408 e. The SMILES string of the molecule is COc1ccc(CC(=O)NC2CCN(CCC(c3ccc(OC)cc3)N(C(=O)O)C(C)(C)C)CC2)cc1. The molecule has 1 fully saturated rings. The molecule has 1 atom stereocenters. The number of carboxylic acid groups (broad SMARTS) is 1. The summed E-state index contributed by atoms with van der Waals surface area (Å²) in [6.07, 6.45) is 1.87. The molecule has 8 heteroatoms. The van der Waals surface area contributed by atoms with E-state index < -0.39 is 11.6 Å². The van der Waals surface area contributed by atoms with Crippen LogP contribution in [0, 0.1) is 0 Å². The first-order chi connectivity index (χ1) is 17.6. The monoisotopic (exact) mass is 511 g/mol. The van der Waals surface area contributed by atoms with Gasteiger partial charge in [0, 0.05) is 31.2 Å². The van der Waals surface area contributed by atoms with E-state index in [4.69, 9.17) is 9.47 Å². The van der Waals surface area contributed by atoms with Crippen LogP contribution in [0.15, 0.2) is 48.5 Å². The van der Waals surface area contributed by atoms with Crippen molar-refractivity contribution in [3.8, 4) is 11.5 Å². The molecule has 3 rings (SSSR count). The summed E-state index contributed by atoms with van der Waals surface area (Å²) in [5.41, 5.74) is 1.37. The summed E-state index contributed by atoms with van der Waals surface area (Å²) in [6, 6.07) is 15.1. The molecular weight excluding hydrogens is 470 g/mol. The lowest BCUT2D eigenvalue weighted by Gasteiger charge is -2.41. The minimum absolute atomic E-state index is 0.0328. The molecular formula is C29H41N3O5. The van der Waals surface area contributed by atoms with Gasteiger partial charge in [-0.3, -0.25) is 9.69 Å². The highest BCUT2D eigenvalue weighted by Gasteiger charge is 2.34. The van der Waals surface area contributed by atoms with Crippen LogP contribution in [0.4, 0.5) is 4.79 Å². The van der Waals surface area contributed by atoms with E-state index >= 15 is 0 Å². The minimum Gasteiger partial charge on any atom is -0.497 e. The Morgan fingerprint density at radius 3 is 2.03 bits per heavy atom. The Balaban J connectivity index is 1.55. The van der Waals surface area contributed by atoms with E-state index in [2.05, 4.69) is 10.2 Å². The van der Waals surface area contributed by atoms with Crippen LogP contribution < -0.4 is 14.8 Å². The van der Waals surface area contributed by atoms with E-state index in [0.29, 0.717) is 12.8 Å². The molecule has 1 aliphatic rings. The van der Waals surface area contributed by atoms with E-state index in [9.17, 15) is 14.7 Å². The number of hydrogen-bond acceptors (Lipinski definition) is 5. The molecule has 1 saturated heterocycles. The average Bonchev–Trinajstić information content (AvgIpc) is 2.86. The van der Waals surface area contributed by atoms with Crippen LogP contribution in [0.25, 0.3) is 0 Å². The van der Waals surface area contributed by atoms with Gasteiger partial charge in [-0.25, -0.2) is 4.79 Å². The predicted molar refractivity (Wildman–Crippen MR) is 144 cm³/mol. The Labute approximate surface area is 220 Å².